The number of benzene rings is 1. The molecule has 1 nitrogen and oxygen atoms in total. The maximum absolute atomic E-state index is 3.76. The Balaban J connectivity index is 2.08. The van der Waals surface area contributed by atoms with Gasteiger partial charge in [0.15, 0.2) is 0 Å². The number of hydrogen-bond acceptors (Lipinski definition) is 1. The summed E-state index contributed by atoms with van der Waals surface area (Å²) >= 11 is 3.76. The first-order valence-corrected chi connectivity index (χ1v) is 8.93. The third-order valence-electron chi connectivity index (χ3n) is 4.44. The third-order valence-corrected chi connectivity index (χ3v) is 5.16. The third kappa shape index (κ3) is 4.60. The van der Waals surface area contributed by atoms with Gasteiger partial charge in [-0.1, -0.05) is 67.2 Å². The molecule has 0 amide bonds. The summed E-state index contributed by atoms with van der Waals surface area (Å²) in [6, 6.07) is 8.79. The summed E-state index contributed by atoms with van der Waals surface area (Å²) in [6.45, 7) is 6.79. The van der Waals surface area contributed by atoms with E-state index in [2.05, 4.69) is 59.4 Å². The Hall–Kier alpha value is -0.340. The van der Waals surface area contributed by atoms with Crippen LogP contribution in [0.3, 0.4) is 0 Å². The van der Waals surface area contributed by atoms with Gasteiger partial charge < -0.3 is 5.32 Å². The van der Waals surface area contributed by atoms with Crippen molar-refractivity contribution in [1.29, 1.82) is 0 Å². The molecule has 2 rings (SSSR count). The van der Waals surface area contributed by atoms with E-state index < -0.39 is 0 Å². The van der Waals surface area contributed by atoms with Gasteiger partial charge in [0, 0.05) is 16.9 Å². The molecule has 0 bridgehead atoms. The average molecular weight is 338 g/mol. The second-order valence-corrected chi connectivity index (χ2v) is 7.43. The molecule has 1 atom stereocenters. The summed E-state index contributed by atoms with van der Waals surface area (Å²) in [7, 11) is 0. The summed E-state index contributed by atoms with van der Waals surface area (Å²) in [6.07, 6.45) is 7.05. The molecule has 1 aromatic carbocycles. The summed E-state index contributed by atoms with van der Waals surface area (Å²) in [4.78, 5) is 0. The van der Waals surface area contributed by atoms with Gasteiger partial charge in [-0.15, -0.1) is 0 Å². The highest BCUT2D eigenvalue weighted by Gasteiger charge is 2.26. The van der Waals surface area contributed by atoms with Crippen LogP contribution in [-0.4, -0.2) is 13.1 Å². The van der Waals surface area contributed by atoms with Crippen LogP contribution >= 0.6 is 15.9 Å². The van der Waals surface area contributed by atoms with Gasteiger partial charge in [-0.25, -0.2) is 0 Å². The van der Waals surface area contributed by atoms with Crippen molar-refractivity contribution in [3.63, 3.8) is 0 Å². The highest BCUT2D eigenvalue weighted by Crippen LogP contribution is 2.38. The first-order valence-electron chi connectivity index (χ1n) is 8.13. The number of nitrogens with one attached hydrogen (secondary N) is 1. The molecule has 1 fully saturated rings. The average Bonchev–Trinajstić information content (AvgIpc) is 2.45. The van der Waals surface area contributed by atoms with Crippen molar-refractivity contribution in [1.82, 2.24) is 5.32 Å². The van der Waals surface area contributed by atoms with Crippen LogP contribution in [0.25, 0.3) is 0 Å². The minimum Gasteiger partial charge on any atom is -0.316 e. The topological polar surface area (TPSA) is 12.0 Å². The van der Waals surface area contributed by atoms with Crippen LogP contribution in [0.4, 0.5) is 0 Å². The van der Waals surface area contributed by atoms with Crippen LogP contribution in [0.2, 0.25) is 0 Å². The molecule has 112 valence electrons. The minimum atomic E-state index is 0.657. The van der Waals surface area contributed by atoms with Gasteiger partial charge in [0.2, 0.25) is 0 Å². The summed E-state index contributed by atoms with van der Waals surface area (Å²) in [5.41, 5.74) is 1.50. The van der Waals surface area contributed by atoms with E-state index in [4.69, 9.17) is 0 Å². The smallest absolute Gasteiger partial charge is 0.0210 e. The van der Waals surface area contributed by atoms with E-state index in [1.165, 1.54) is 42.1 Å². The molecule has 0 aromatic heterocycles. The van der Waals surface area contributed by atoms with Crippen molar-refractivity contribution < 1.29 is 0 Å². The quantitative estimate of drug-likeness (QED) is 0.736. The van der Waals surface area contributed by atoms with Crippen molar-refractivity contribution in [2.24, 2.45) is 11.8 Å². The van der Waals surface area contributed by atoms with E-state index in [0.29, 0.717) is 5.92 Å². The Bertz CT molecular complexity index is 396. The fourth-order valence-electron chi connectivity index (χ4n) is 3.37. The number of rotatable bonds is 6. The molecule has 0 aliphatic heterocycles. The lowest BCUT2D eigenvalue weighted by Gasteiger charge is -2.32. The lowest BCUT2D eigenvalue weighted by molar-refractivity contribution is 0.294. The molecular formula is C18H28BrN. The van der Waals surface area contributed by atoms with Crippen molar-refractivity contribution in [2.45, 2.75) is 51.9 Å². The van der Waals surface area contributed by atoms with E-state index >= 15 is 0 Å². The Labute approximate surface area is 132 Å². The molecule has 0 heterocycles. The Morgan fingerprint density at radius 1 is 1.10 bits per heavy atom. The summed E-state index contributed by atoms with van der Waals surface area (Å²) in [5, 5.41) is 3.69. The zero-order valence-corrected chi connectivity index (χ0v) is 14.5. The molecule has 1 aliphatic carbocycles. The van der Waals surface area contributed by atoms with Gasteiger partial charge in [-0.05, 0) is 42.9 Å². The molecule has 2 heteroatoms. The molecule has 1 N–H and O–H groups in total. The first kappa shape index (κ1) is 16.0. The number of halogens is 1. The SMILES string of the molecule is CC(C)CNCC(c1ccccc1Br)C1CCCCC1. The summed E-state index contributed by atoms with van der Waals surface area (Å²) < 4.78 is 1.28. The standard InChI is InChI=1S/C18H28BrN/c1-14(2)12-20-13-17(15-8-4-3-5-9-15)16-10-6-7-11-18(16)19/h6-7,10-11,14-15,17,20H,3-5,8-9,12-13H2,1-2H3. The van der Waals surface area contributed by atoms with E-state index in [1.807, 2.05) is 0 Å². The molecule has 0 radical (unpaired) electrons. The van der Waals surface area contributed by atoms with Gasteiger partial charge >= 0.3 is 0 Å². The van der Waals surface area contributed by atoms with Crippen LogP contribution in [0.5, 0.6) is 0 Å². The molecule has 1 unspecified atom stereocenters. The molecule has 1 saturated carbocycles. The molecule has 1 aliphatic rings. The van der Waals surface area contributed by atoms with Crippen LogP contribution < -0.4 is 5.32 Å². The molecule has 1 aromatic rings. The maximum Gasteiger partial charge on any atom is 0.0210 e. The fraction of sp³-hybridized carbons (Fsp3) is 0.667. The fourth-order valence-corrected chi connectivity index (χ4v) is 3.95. The highest BCUT2D eigenvalue weighted by molar-refractivity contribution is 9.10. The van der Waals surface area contributed by atoms with E-state index in [0.717, 1.165) is 24.9 Å². The van der Waals surface area contributed by atoms with Gasteiger partial charge in [-0.3, -0.25) is 0 Å². The van der Waals surface area contributed by atoms with Gasteiger partial charge in [-0.2, -0.15) is 0 Å². The minimum absolute atomic E-state index is 0.657. The zero-order chi connectivity index (χ0) is 14.4. The monoisotopic (exact) mass is 337 g/mol. The van der Waals surface area contributed by atoms with Crippen LogP contribution in [0, 0.1) is 11.8 Å². The van der Waals surface area contributed by atoms with Crippen molar-refractivity contribution in [3.05, 3.63) is 34.3 Å². The van der Waals surface area contributed by atoms with Gasteiger partial charge in [0.1, 0.15) is 0 Å². The van der Waals surface area contributed by atoms with Gasteiger partial charge in [0.05, 0.1) is 0 Å². The number of hydrogen-bond donors (Lipinski definition) is 1. The normalized spacial score (nSPS) is 18.4. The molecule has 0 saturated heterocycles. The first-order chi connectivity index (χ1) is 9.68. The zero-order valence-electron chi connectivity index (χ0n) is 12.9. The molecule has 20 heavy (non-hydrogen) atoms. The highest BCUT2D eigenvalue weighted by atomic mass is 79.9. The lowest BCUT2D eigenvalue weighted by atomic mass is 9.76. The Kier molecular flexibility index (Phi) is 6.57. The van der Waals surface area contributed by atoms with Crippen LogP contribution in [0.1, 0.15) is 57.4 Å². The maximum atomic E-state index is 3.76. The van der Waals surface area contributed by atoms with Crippen molar-refractivity contribution in [3.8, 4) is 0 Å². The second kappa shape index (κ2) is 8.19. The second-order valence-electron chi connectivity index (χ2n) is 6.58. The van der Waals surface area contributed by atoms with E-state index in [1.54, 1.807) is 0 Å². The predicted molar refractivity (Wildman–Crippen MR) is 91.2 cm³/mol. The van der Waals surface area contributed by atoms with Crippen LogP contribution in [-0.2, 0) is 0 Å². The Morgan fingerprint density at radius 3 is 2.45 bits per heavy atom. The lowest BCUT2D eigenvalue weighted by Crippen LogP contribution is -2.30. The van der Waals surface area contributed by atoms with E-state index in [-0.39, 0.29) is 0 Å². The van der Waals surface area contributed by atoms with Crippen LogP contribution in [0.15, 0.2) is 28.7 Å². The van der Waals surface area contributed by atoms with E-state index in [9.17, 15) is 0 Å². The van der Waals surface area contributed by atoms with Crippen molar-refractivity contribution >= 4 is 15.9 Å². The summed E-state index contributed by atoms with van der Waals surface area (Å²) in [5.74, 6) is 2.23. The molecular weight excluding hydrogens is 310 g/mol. The largest absolute Gasteiger partial charge is 0.316 e. The predicted octanol–water partition coefficient (Wildman–Crippen LogP) is 5.36. The van der Waals surface area contributed by atoms with Gasteiger partial charge in [0.25, 0.3) is 0 Å². The Morgan fingerprint density at radius 2 is 1.80 bits per heavy atom. The van der Waals surface area contributed by atoms with Crippen molar-refractivity contribution in [2.75, 3.05) is 13.1 Å². The molecule has 0 spiro atoms.